The summed E-state index contributed by atoms with van der Waals surface area (Å²) in [5, 5.41) is 68.8. The molecule has 0 unspecified atom stereocenters. The number of carbonyl (C=O) groups is 13. The molecule has 3 aromatic carbocycles. The number of aromatic nitrogens is 1. The fourth-order valence-electron chi connectivity index (χ4n) is 9.63. The van der Waals surface area contributed by atoms with Crippen LogP contribution in [0, 0.1) is 5.92 Å². The average molecular weight is 1360 g/mol. The maximum Gasteiger partial charge on any atom is 0.326 e. The van der Waals surface area contributed by atoms with E-state index in [1.807, 2.05) is 0 Å². The Hall–Kier alpha value is -9.31. The lowest BCUT2D eigenvalue weighted by atomic mass is 10.0. The van der Waals surface area contributed by atoms with E-state index in [1.54, 1.807) is 60.8 Å². The van der Waals surface area contributed by atoms with E-state index in [0.29, 0.717) is 34.0 Å². The number of hydrogen-bond donors (Lipinski definition) is 18. The molecule has 1 saturated heterocycles. The fraction of sp³-hybridized carbons (Fsp3) is 0.468. The number of nitrogens with one attached hydrogen (secondary N) is 12. The van der Waals surface area contributed by atoms with Gasteiger partial charge in [-0.15, -0.1) is 0 Å². The van der Waals surface area contributed by atoms with Crippen LogP contribution in [0.3, 0.4) is 0 Å². The van der Waals surface area contributed by atoms with Crippen LogP contribution >= 0.6 is 21.6 Å². The van der Waals surface area contributed by atoms with Crippen LogP contribution in [0.25, 0.3) is 10.9 Å². The number of phenols is 1. The van der Waals surface area contributed by atoms with Gasteiger partial charge < -0.3 is 95.4 Å². The van der Waals surface area contributed by atoms with Crippen LogP contribution in [0.5, 0.6) is 5.75 Å². The Kier molecular flexibility index (Phi) is 30.2. The predicted molar refractivity (Wildman–Crippen MR) is 350 cm³/mol. The van der Waals surface area contributed by atoms with Crippen LogP contribution in [0.15, 0.2) is 85.1 Å². The topological polar surface area (TPSA) is 503 Å². The van der Waals surface area contributed by atoms with Crippen molar-refractivity contribution in [2.24, 2.45) is 17.4 Å². The number of unbranched alkanes of at least 4 members (excludes halogenated alkanes) is 1. The Bertz CT molecular complexity index is 3360. The lowest BCUT2D eigenvalue weighted by Gasteiger charge is -2.29. The SMILES string of the molecule is CC(C)[C@@H](NC(=O)[C@H]1CSSC[C@@H](NC(=O)[C@H](CC(=O)O)NC(=O)[C@H](C)NC(=O)[C@@H](NC(=O)CNC(=O)[C@H](C)N)[C@H](C)O)C(=O)N[C@@H](Cc2ccccc2)C(=O)N[C@@H](Cc2c[nH]c3ccccc23)C(=O)N[C@@H](CCCCN)C(=O)N[C@@H](Cc2ccc(O)cc2)C(=O)N1)C(=O)O. The molecule has 5 rings (SSSR count). The summed E-state index contributed by atoms with van der Waals surface area (Å²) in [4.78, 5) is 183. The Morgan fingerprint density at radius 2 is 1.18 bits per heavy atom. The third-order valence-corrected chi connectivity index (χ3v) is 17.4. The van der Waals surface area contributed by atoms with Crippen molar-refractivity contribution in [1.82, 2.24) is 63.5 Å². The van der Waals surface area contributed by atoms with Gasteiger partial charge in [0.25, 0.3) is 0 Å². The fourth-order valence-corrected chi connectivity index (χ4v) is 12.0. The van der Waals surface area contributed by atoms with Gasteiger partial charge >= 0.3 is 11.9 Å². The number of aromatic hydroxyl groups is 1. The summed E-state index contributed by atoms with van der Waals surface area (Å²) in [5.74, 6) is -15.7. The number of aliphatic hydroxyl groups is 1. The van der Waals surface area contributed by atoms with Crippen LogP contribution < -0.4 is 70.0 Å². The summed E-state index contributed by atoms with van der Waals surface area (Å²) in [6.45, 7) is 6.24. The third-order valence-electron chi connectivity index (χ3n) is 15.0. The minimum absolute atomic E-state index is 0.0434. The molecular weight excluding hydrogens is 1280 g/mol. The molecule has 95 heavy (non-hydrogen) atoms. The van der Waals surface area contributed by atoms with Gasteiger partial charge in [0.15, 0.2) is 0 Å². The zero-order valence-electron chi connectivity index (χ0n) is 52.9. The van der Waals surface area contributed by atoms with Gasteiger partial charge in [-0.05, 0) is 87.4 Å². The number of aliphatic carboxylic acids is 2. The van der Waals surface area contributed by atoms with Gasteiger partial charge in [0, 0.05) is 47.9 Å². The van der Waals surface area contributed by atoms with Crippen LogP contribution in [0.1, 0.15) is 77.0 Å². The number of carboxylic acids is 2. The number of nitrogens with two attached hydrogens (primary N) is 2. The molecule has 2 heterocycles. The maximum atomic E-state index is 15.1. The molecule has 33 heteroatoms. The molecule has 0 saturated carbocycles. The van der Waals surface area contributed by atoms with Crippen molar-refractivity contribution >= 4 is 109 Å². The summed E-state index contributed by atoms with van der Waals surface area (Å²) in [6.07, 6.45) is -1.17. The highest BCUT2D eigenvalue weighted by atomic mass is 33.1. The van der Waals surface area contributed by atoms with E-state index in [0.717, 1.165) is 35.4 Å². The highest BCUT2D eigenvalue weighted by Gasteiger charge is 2.38. The molecule has 0 bridgehead atoms. The Morgan fingerprint density at radius 1 is 0.611 bits per heavy atom. The first-order valence-electron chi connectivity index (χ1n) is 30.5. The molecule has 1 aromatic heterocycles. The van der Waals surface area contributed by atoms with Crippen molar-refractivity contribution in [3.63, 3.8) is 0 Å². The van der Waals surface area contributed by atoms with Crippen molar-refractivity contribution in [1.29, 1.82) is 0 Å². The van der Waals surface area contributed by atoms with Gasteiger partial charge in [-0.1, -0.05) is 96.1 Å². The van der Waals surface area contributed by atoms with Gasteiger partial charge in [-0.2, -0.15) is 0 Å². The minimum atomic E-state index is -2.01. The number of phenolic OH excluding ortho intramolecular Hbond substituents is 1. The number of aliphatic hydroxyl groups excluding tert-OH is 1. The predicted octanol–water partition coefficient (Wildman–Crippen LogP) is -2.65. The molecule has 20 N–H and O–H groups in total. The minimum Gasteiger partial charge on any atom is -0.508 e. The highest BCUT2D eigenvalue weighted by Crippen LogP contribution is 2.25. The molecule has 1 fully saturated rings. The monoisotopic (exact) mass is 1360 g/mol. The van der Waals surface area contributed by atoms with Crippen molar-refractivity contribution < 1.29 is 82.8 Å². The molecule has 516 valence electrons. The number of benzene rings is 3. The van der Waals surface area contributed by atoms with Crippen molar-refractivity contribution in [3.8, 4) is 5.75 Å². The molecule has 12 atom stereocenters. The van der Waals surface area contributed by atoms with E-state index in [2.05, 4.69) is 63.5 Å². The normalized spacial score (nSPS) is 20.4. The largest absolute Gasteiger partial charge is 0.508 e. The van der Waals surface area contributed by atoms with E-state index in [-0.39, 0.29) is 44.4 Å². The molecule has 4 aromatic rings. The molecule has 1 aliphatic heterocycles. The molecule has 0 radical (unpaired) electrons. The molecule has 11 amide bonds. The molecular formula is C62H84N14O17S2. The summed E-state index contributed by atoms with van der Waals surface area (Å²) in [5.41, 5.74) is 13.5. The zero-order chi connectivity index (χ0) is 70.1. The molecule has 1 aliphatic rings. The van der Waals surface area contributed by atoms with Crippen LogP contribution in [0.2, 0.25) is 0 Å². The van der Waals surface area contributed by atoms with Crippen LogP contribution in [0.4, 0.5) is 0 Å². The highest BCUT2D eigenvalue weighted by molar-refractivity contribution is 8.76. The lowest BCUT2D eigenvalue weighted by molar-refractivity contribution is -0.143. The smallest absolute Gasteiger partial charge is 0.326 e. The summed E-state index contributed by atoms with van der Waals surface area (Å²) in [7, 11) is 1.64. The summed E-state index contributed by atoms with van der Waals surface area (Å²) < 4.78 is 0. The maximum absolute atomic E-state index is 15.1. The van der Waals surface area contributed by atoms with E-state index < -0.39 is 180 Å². The van der Waals surface area contributed by atoms with Crippen molar-refractivity contribution in [2.45, 2.75) is 152 Å². The van der Waals surface area contributed by atoms with E-state index >= 15 is 14.4 Å². The number of H-pyrrole nitrogens is 1. The Labute approximate surface area is 554 Å². The number of amides is 11. The number of carboxylic acid groups (broad SMARTS) is 2. The van der Waals surface area contributed by atoms with Crippen molar-refractivity contribution in [2.75, 3.05) is 24.6 Å². The number of fused-ring (bicyclic) bond motifs is 1. The van der Waals surface area contributed by atoms with Gasteiger partial charge in [-0.25, -0.2) is 4.79 Å². The first kappa shape index (κ1) is 76.4. The van der Waals surface area contributed by atoms with Crippen LogP contribution in [-0.2, 0) is 81.6 Å². The van der Waals surface area contributed by atoms with Crippen LogP contribution in [-0.4, -0.2) is 199 Å². The average Bonchev–Trinajstić information content (AvgIpc) is 1.76. The standard InChI is InChI=1S/C62H84N14O17S2/c1-31(2)50(62(92)93)76-60(90)47-30-95-94-29-46(73-58(88)45(26-49(80)81)69-53(83)33(4)67-61(91)51(34(5)77)75-48(79)28-66-52(82)32(3)64)59(89)71-42(23-35-13-7-6-8-14-35)55(85)72-44(25-37-27-65-40-16-10-9-15-39(37)40)57(87)68-41(17-11-12-22-63)54(84)70-43(56(86)74-47)24-36-18-20-38(78)21-19-36/h6-10,13-16,18-21,27,31-34,41-47,50-51,65,77-78H,11-12,17,22-26,28-30,63-64H2,1-5H3,(H,66,82)(H,67,91)(H,68,87)(H,69,83)(H,70,84)(H,71,89)(H,72,85)(H,73,88)(H,74,86)(H,75,79)(H,76,90)(H,80,81)(H,92,93)/t32-,33-,34-,41-,42-,43-,44-,45-,46+,47+,50+,51-/m0/s1. The van der Waals surface area contributed by atoms with Gasteiger partial charge in [0.1, 0.15) is 66.2 Å². The second-order valence-corrected chi connectivity index (χ2v) is 25.6. The summed E-state index contributed by atoms with van der Waals surface area (Å²) >= 11 is 0. The molecule has 0 aliphatic carbocycles. The Balaban J connectivity index is 1.59. The van der Waals surface area contributed by atoms with E-state index in [4.69, 9.17) is 11.5 Å². The number of hydrogen-bond acceptors (Lipinski definition) is 19. The first-order valence-corrected chi connectivity index (χ1v) is 33.0. The zero-order valence-corrected chi connectivity index (χ0v) is 54.6. The second kappa shape index (κ2) is 37.5. The molecule has 31 nitrogen and oxygen atoms in total. The quantitative estimate of drug-likeness (QED) is 0.0214. The van der Waals surface area contributed by atoms with E-state index in [9.17, 15) is 68.4 Å². The first-order chi connectivity index (χ1) is 45.0. The van der Waals surface area contributed by atoms with Gasteiger partial charge in [0.05, 0.1) is 25.1 Å². The number of aromatic amines is 1. The summed E-state index contributed by atoms with van der Waals surface area (Å²) in [6, 6.07) is 3.84. The third kappa shape index (κ3) is 24.5. The van der Waals surface area contributed by atoms with Crippen molar-refractivity contribution in [3.05, 3.63) is 102 Å². The Morgan fingerprint density at radius 3 is 1.78 bits per heavy atom. The van der Waals surface area contributed by atoms with Gasteiger partial charge in [-0.3, -0.25) is 57.5 Å². The molecule has 0 spiro atoms. The second-order valence-electron chi connectivity index (χ2n) is 23.1. The number of carbonyl (C=O) groups excluding carboxylic acids is 11. The van der Waals surface area contributed by atoms with Gasteiger partial charge in [0.2, 0.25) is 65.0 Å². The van der Waals surface area contributed by atoms with E-state index in [1.165, 1.54) is 45.0 Å². The number of rotatable bonds is 27. The number of para-hydroxylation sites is 1. The lowest BCUT2D eigenvalue weighted by Crippen LogP contribution is -2.62.